The SMILES string of the molecule is Cc1cc(C)c([C@@H](C)NC(=O)C(=O)Nc2ccc(OCc3ccccc3)cc2)cc1C. The van der Waals surface area contributed by atoms with Gasteiger partial charge in [-0.05, 0) is 79.8 Å². The van der Waals surface area contributed by atoms with Gasteiger partial charge < -0.3 is 15.4 Å². The summed E-state index contributed by atoms with van der Waals surface area (Å²) in [5.74, 6) is -0.689. The van der Waals surface area contributed by atoms with Gasteiger partial charge in [-0.2, -0.15) is 0 Å². The van der Waals surface area contributed by atoms with Gasteiger partial charge in [0, 0.05) is 5.69 Å². The van der Waals surface area contributed by atoms with Crippen LogP contribution < -0.4 is 15.4 Å². The summed E-state index contributed by atoms with van der Waals surface area (Å²) >= 11 is 0. The van der Waals surface area contributed by atoms with Crippen LogP contribution in [-0.2, 0) is 16.2 Å². The first-order valence-corrected chi connectivity index (χ1v) is 10.3. The molecule has 2 N–H and O–H groups in total. The van der Waals surface area contributed by atoms with E-state index >= 15 is 0 Å². The maximum atomic E-state index is 12.4. The van der Waals surface area contributed by atoms with Crippen LogP contribution in [0.1, 0.15) is 40.8 Å². The minimum absolute atomic E-state index is 0.272. The highest BCUT2D eigenvalue weighted by molar-refractivity contribution is 6.39. The van der Waals surface area contributed by atoms with Crippen molar-refractivity contribution in [2.24, 2.45) is 0 Å². The van der Waals surface area contributed by atoms with Gasteiger partial charge >= 0.3 is 11.8 Å². The summed E-state index contributed by atoms with van der Waals surface area (Å²) in [6.07, 6.45) is 0. The molecule has 31 heavy (non-hydrogen) atoms. The molecule has 0 bridgehead atoms. The Labute approximate surface area is 183 Å². The van der Waals surface area contributed by atoms with E-state index < -0.39 is 11.8 Å². The van der Waals surface area contributed by atoms with E-state index in [1.54, 1.807) is 24.3 Å². The number of ether oxygens (including phenoxy) is 1. The smallest absolute Gasteiger partial charge is 0.313 e. The van der Waals surface area contributed by atoms with E-state index in [-0.39, 0.29) is 6.04 Å². The Bertz CT molecular complexity index is 1060. The Morgan fingerprint density at radius 3 is 2.16 bits per heavy atom. The van der Waals surface area contributed by atoms with Gasteiger partial charge in [0.1, 0.15) is 12.4 Å². The van der Waals surface area contributed by atoms with Crippen molar-refractivity contribution in [3.8, 4) is 5.75 Å². The largest absolute Gasteiger partial charge is 0.489 e. The zero-order valence-corrected chi connectivity index (χ0v) is 18.4. The number of anilines is 1. The number of hydrogen-bond donors (Lipinski definition) is 2. The Morgan fingerprint density at radius 2 is 1.48 bits per heavy atom. The quantitative estimate of drug-likeness (QED) is 0.555. The lowest BCUT2D eigenvalue weighted by Crippen LogP contribution is -2.37. The first-order chi connectivity index (χ1) is 14.8. The van der Waals surface area contributed by atoms with Gasteiger partial charge in [0.05, 0.1) is 6.04 Å². The molecule has 0 unspecified atom stereocenters. The fourth-order valence-corrected chi connectivity index (χ4v) is 3.35. The second-order valence-electron chi connectivity index (χ2n) is 7.74. The topological polar surface area (TPSA) is 67.4 Å². The Balaban J connectivity index is 1.54. The van der Waals surface area contributed by atoms with E-state index in [0.29, 0.717) is 18.0 Å². The Hall–Kier alpha value is -3.60. The van der Waals surface area contributed by atoms with Crippen molar-refractivity contribution in [1.29, 1.82) is 0 Å². The highest BCUT2D eigenvalue weighted by Crippen LogP contribution is 2.22. The molecule has 0 saturated heterocycles. The van der Waals surface area contributed by atoms with Crippen molar-refractivity contribution >= 4 is 17.5 Å². The van der Waals surface area contributed by atoms with Gasteiger partial charge in [-0.1, -0.05) is 42.5 Å². The summed E-state index contributed by atoms with van der Waals surface area (Å²) in [4.78, 5) is 24.7. The van der Waals surface area contributed by atoms with Crippen molar-refractivity contribution < 1.29 is 14.3 Å². The summed E-state index contributed by atoms with van der Waals surface area (Å²) in [5.41, 5.74) is 6.05. The predicted octanol–water partition coefficient (Wildman–Crippen LogP) is 5.01. The highest BCUT2D eigenvalue weighted by atomic mass is 16.5. The lowest BCUT2D eigenvalue weighted by molar-refractivity contribution is -0.136. The maximum Gasteiger partial charge on any atom is 0.313 e. The molecule has 0 spiro atoms. The van der Waals surface area contributed by atoms with Crippen molar-refractivity contribution in [3.05, 3.63) is 94.5 Å². The minimum Gasteiger partial charge on any atom is -0.489 e. The third-order valence-electron chi connectivity index (χ3n) is 5.26. The Kier molecular flexibility index (Phi) is 7.08. The molecule has 3 rings (SSSR count). The molecule has 0 aliphatic heterocycles. The van der Waals surface area contributed by atoms with E-state index in [1.807, 2.05) is 51.1 Å². The van der Waals surface area contributed by atoms with Crippen LogP contribution in [0.4, 0.5) is 5.69 Å². The molecule has 0 aliphatic rings. The van der Waals surface area contributed by atoms with Gasteiger partial charge in [0.25, 0.3) is 0 Å². The molecule has 1 atom stereocenters. The highest BCUT2D eigenvalue weighted by Gasteiger charge is 2.18. The van der Waals surface area contributed by atoms with Crippen LogP contribution in [-0.4, -0.2) is 11.8 Å². The van der Waals surface area contributed by atoms with E-state index in [1.165, 1.54) is 5.56 Å². The average molecular weight is 417 g/mol. The number of aryl methyl sites for hydroxylation is 3. The zero-order chi connectivity index (χ0) is 22.4. The van der Waals surface area contributed by atoms with E-state index in [2.05, 4.69) is 29.7 Å². The van der Waals surface area contributed by atoms with Crippen LogP contribution in [0, 0.1) is 20.8 Å². The molecule has 5 heteroatoms. The zero-order valence-electron chi connectivity index (χ0n) is 18.4. The van der Waals surface area contributed by atoms with Gasteiger partial charge in [0.2, 0.25) is 0 Å². The lowest BCUT2D eigenvalue weighted by Gasteiger charge is -2.18. The molecule has 0 fully saturated rings. The van der Waals surface area contributed by atoms with Crippen molar-refractivity contribution in [2.45, 2.75) is 40.3 Å². The fraction of sp³-hybridized carbons (Fsp3) is 0.231. The average Bonchev–Trinajstić information content (AvgIpc) is 2.76. The minimum atomic E-state index is -0.703. The summed E-state index contributed by atoms with van der Waals surface area (Å²) in [6, 6.07) is 20.7. The van der Waals surface area contributed by atoms with E-state index in [0.717, 1.165) is 22.3 Å². The summed E-state index contributed by atoms with van der Waals surface area (Å²) in [5, 5.41) is 5.41. The second kappa shape index (κ2) is 9.94. The number of amides is 2. The van der Waals surface area contributed by atoms with Gasteiger partial charge in [-0.15, -0.1) is 0 Å². The third-order valence-corrected chi connectivity index (χ3v) is 5.26. The van der Waals surface area contributed by atoms with Crippen LogP contribution in [0.25, 0.3) is 0 Å². The molecule has 0 aliphatic carbocycles. The van der Waals surface area contributed by atoms with Crippen molar-refractivity contribution in [1.82, 2.24) is 5.32 Å². The number of carbonyl (C=O) groups excluding carboxylic acids is 2. The molecule has 2 amide bonds. The molecular weight excluding hydrogens is 388 g/mol. The van der Waals surface area contributed by atoms with Crippen LogP contribution in [0.3, 0.4) is 0 Å². The monoisotopic (exact) mass is 416 g/mol. The van der Waals surface area contributed by atoms with E-state index in [9.17, 15) is 9.59 Å². The maximum absolute atomic E-state index is 12.4. The standard InChI is InChI=1S/C26H28N2O3/c1-17-14-19(3)24(15-18(17)2)20(4)27-25(29)26(30)28-22-10-12-23(13-11-22)31-16-21-8-6-5-7-9-21/h5-15,20H,16H2,1-4H3,(H,27,29)(H,28,30)/t20-/m1/s1. The number of hydrogen-bond acceptors (Lipinski definition) is 3. The number of rotatable bonds is 6. The second-order valence-corrected chi connectivity index (χ2v) is 7.74. The lowest BCUT2D eigenvalue weighted by atomic mass is 9.96. The molecule has 0 saturated carbocycles. The fourth-order valence-electron chi connectivity index (χ4n) is 3.35. The molecule has 3 aromatic carbocycles. The summed E-state index contributed by atoms with van der Waals surface area (Å²) in [7, 11) is 0. The van der Waals surface area contributed by atoms with Crippen LogP contribution in [0.2, 0.25) is 0 Å². The number of nitrogens with one attached hydrogen (secondary N) is 2. The van der Waals surface area contributed by atoms with Gasteiger partial charge in [0.15, 0.2) is 0 Å². The van der Waals surface area contributed by atoms with Crippen LogP contribution in [0.5, 0.6) is 5.75 Å². The normalized spacial score (nSPS) is 11.5. The van der Waals surface area contributed by atoms with Crippen LogP contribution in [0.15, 0.2) is 66.7 Å². The summed E-state index contributed by atoms with van der Waals surface area (Å²) in [6.45, 7) is 8.44. The molecule has 160 valence electrons. The van der Waals surface area contributed by atoms with Crippen LogP contribution >= 0.6 is 0 Å². The number of benzene rings is 3. The van der Waals surface area contributed by atoms with Gasteiger partial charge in [-0.3, -0.25) is 9.59 Å². The number of carbonyl (C=O) groups is 2. The van der Waals surface area contributed by atoms with Crippen molar-refractivity contribution in [3.63, 3.8) is 0 Å². The van der Waals surface area contributed by atoms with E-state index in [4.69, 9.17) is 4.74 Å². The summed E-state index contributed by atoms with van der Waals surface area (Å²) < 4.78 is 5.74. The first kappa shape index (κ1) is 22.1. The molecule has 3 aromatic rings. The molecular formula is C26H28N2O3. The van der Waals surface area contributed by atoms with Gasteiger partial charge in [-0.25, -0.2) is 0 Å². The molecule has 5 nitrogen and oxygen atoms in total. The molecule has 0 heterocycles. The van der Waals surface area contributed by atoms with Crippen molar-refractivity contribution in [2.75, 3.05) is 5.32 Å². The predicted molar refractivity (Wildman–Crippen MR) is 123 cm³/mol. The molecule has 0 radical (unpaired) electrons. The Morgan fingerprint density at radius 1 is 0.839 bits per heavy atom. The molecule has 0 aromatic heterocycles. The third kappa shape index (κ3) is 5.95. The first-order valence-electron chi connectivity index (χ1n) is 10.3.